The highest BCUT2D eigenvalue weighted by Gasteiger charge is 2.09. The molecule has 0 unspecified atom stereocenters. The van der Waals surface area contributed by atoms with Crippen molar-refractivity contribution in [3.8, 4) is 11.5 Å². The molecule has 0 radical (unpaired) electrons. The summed E-state index contributed by atoms with van der Waals surface area (Å²) < 4.78 is 10.3. The lowest BCUT2D eigenvalue weighted by Crippen LogP contribution is -2.06. The number of hydrogen-bond acceptors (Lipinski definition) is 5. The number of aliphatic carboxylic acids is 1. The third-order valence-electron chi connectivity index (χ3n) is 2.74. The first-order valence-corrected chi connectivity index (χ1v) is 6.28. The van der Waals surface area contributed by atoms with Gasteiger partial charge < -0.3 is 14.3 Å². The second kappa shape index (κ2) is 6.29. The maximum atomic E-state index is 10.3. The molecule has 6 heteroatoms. The average molecular weight is 276 g/mol. The fourth-order valence-corrected chi connectivity index (χ4v) is 1.66. The van der Waals surface area contributed by atoms with Crippen LogP contribution in [0.25, 0.3) is 11.5 Å². The standard InChI is InChI=1S/C14H16N2O4/c1-9(2)10-3-5-11(6-4-10)14-16-15-12(20-14)7-19-8-13(17)18/h3-6,9H,7-8H2,1-2H3,(H,17,18). The molecule has 0 saturated carbocycles. The van der Waals surface area contributed by atoms with Crippen molar-refractivity contribution in [3.05, 3.63) is 35.7 Å². The van der Waals surface area contributed by atoms with Crippen LogP contribution in [0.5, 0.6) is 0 Å². The SMILES string of the molecule is CC(C)c1ccc(-c2nnc(COCC(=O)O)o2)cc1. The lowest BCUT2D eigenvalue weighted by atomic mass is 10.0. The number of ether oxygens (including phenoxy) is 1. The van der Waals surface area contributed by atoms with E-state index in [1.807, 2.05) is 24.3 Å². The topological polar surface area (TPSA) is 85.5 Å². The molecular formula is C14H16N2O4. The third kappa shape index (κ3) is 3.64. The van der Waals surface area contributed by atoms with Crippen molar-refractivity contribution in [1.82, 2.24) is 10.2 Å². The van der Waals surface area contributed by atoms with Crippen LogP contribution < -0.4 is 0 Å². The molecule has 6 nitrogen and oxygen atoms in total. The van der Waals surface area contributed by atoms with Gasteiger partial charge in [-0.15, -0.1) is 10.2 Å². The summed E-state index contributed by atoms with van der Waals surface area (Å²) in [6.07, 6.45) is 0. The van der Waals surface area contributed by atoms with Gasteiger partial charge in [-0.05, 0) is 23.6 Å². The Morgan fingerprint density at radius 3 is 2.60 bits per heavy atom. The van der Waals surface area contributed by atoms with Crippen LogP contribution in [0.15, 0.2) is 28.7 Å². The van der Waals surface area contributed by atoms with E-state index in [1.165, 1.54) is 5.56 Å². The van der Waals surface area contributed by atoms with E-state index in [-0.39, 0.29) is 19.1 Å². The number of aromatic nitrogens is 2. The summed E-state index contributed by atoms with van der Waals surface area (Å²) in [6.45, 7) is 3.85. The zero-order chi connectivity index (χ0) is 14.5. The van der Waals surface area contributed by atoms with Gasteiger partial charge >= 0.3 is 5.97 Å². The molecule has 106 valence electrons. The van der Waals surface area contributed by atoms with Crippen LogP contribution in [0.1, 0.15) is 31.2 Å². The molecule has 0 amide bonds. The summed E-state index contributed by atoms with van der Waals surface area (Å²) in [5.41, 5.74) is 2.06. The fraction of sp³-hybridized carbons (Fsp3) is 0.357. The molecule has 1 N–H and O–H groups in total. The fourth-order valence-electron chi connectivity index (χ4n) is 1.66. The van der Waals surface area contributed by atoms with Crippen LogP contribution in [-0.2, 0) is 16.1 Å². The van der Waals surface area contributed by atoms with Gasteiger partial charge in [0, 0.05) is 5.56 Å². The van der Waals surface area contributed by atoms with Crippen molar-refractivity contribution in [2.45, 2.75) is 26.4 Å². The first kappa shape index (κ1) is 14.2. The van der Waals surface area contributed by atoms with Gasteiger partial charge in [-0.25, -0.2) is 4.79 Å². The van der Waals surface area contributed by atoms with Crippen molar-refractivity contribution in [3.63, 3.8) is 0 Å². The third-order valence-corrected chi connectivity index (χ3v) is 2.74. The maximum absolute atomic E-state index is 10.3. The van der Waals surface area contributed by atoms with Crippen LogP contribution in [0.2, 0.25) is 0 Å². The molecule has 2 rings (SSSR count). The monoisotopic (exact) mass is 276 g/mol. The molecule has 0 spiro atoms. The van der Waals surface area contributed by atoms with E-state index in [9.17, 15) is 4.79 Å². The molecule has 1 aromatic carbocycles. The molecule has 0 fully saturated rings. The van der Waals surface area contributed by atoms with Gasteiger partial charge in [0.05, 0.1) is 0 Å². The molecular weight excluding hydrogens is 260 g/mol. The van der Waals surface area contributed by atoms with E-state index in [1.54, 1.807) is 0 Å². The van der Waals surface area contributed by atoms with Crippen LogP contribution in [0.3, 0.4) is 0 Å². The molecule has 0 bridgehead atoms. The Kier molecular flexibility index (Phi) is 4.47. The lowest BCUT2D eigenvalue weighted by Gasteiger charge is -2.04. The van der Waals surface area contributed by atoms with Crippen LogP contribution in [0.4, 0.5) is 0 Å². The summed E-state index contributed by atoms with van der Waals surface area (Å²) in [7, 11) is 0. The Hall–Kier alpha value is -2.21. The molecule has 0 aliphatic carbocycles. The number of carbonyl (C=O) groups is 1. The number of hydrogen-bond donors (Lipinski definition) is 1. The second-order valence-electron chi connectivity index (χ2n) is 4.66. The Balaban J connectivity index is 2.02. The highest BCUT2D eigenvalue weighted by atomic mass is 16.5. The predicted molar refractivity (Wildman–Crippen MR) is 71.1 cm³/mol. The zero-order valence-corrected chi connectivity index (χ0v) is 11.4. The Morgan fingerprint density at radius 1 is 1.30 bits per heavy atom. The van der Waals surface area contributed by atoms with E-state index in [4.69, 9.17) is 14.3 Å². The average Bonchev–Trinajstić information content (AvgIpc) is 2.87. The highest BCUT2D eigenvalue weighted by Crippen LogP contribution is 2.21. The van der Waals surface area contributed by atoms with E-state index in [2.05, 4.69) is 24.0 Å². The van der Waals surface area contributed by atoms with Gasteiger partial charge in [-0.1, -0.05) is 26.0 Å². The summed E-state index contributed by atoms with van der Waals surface area (Å²) >= 11 is 0. The Labute approximate surface area is 116 Å². The quantitative estimate of drug-likeness (QED) is 0.872. The molecule has 2 aromatic rings. The maximum Gasteiger partial charge on any atom is 0.329 e. The minimum Gasteiger partial charge on any atom is -0.480 e. The molecule has 0 aliphatic heterocycles. The minimum absolute atomic E-state index is 0.0105. The zero-order valence-electron chi connectivity index (χ0n) is 11.4. The smallest absolute Gasteiger partial charge is 0.329 e. The van der Waals surface area contributed by atoms with E-state index in [0.29, 0.717) is 11.8 Å². The van der Waals surface area contributed by atoms with E-state index in [0.717, 1.165) is 5.56 Å². The molecule has 0 saturated heterocycles. The van der Waals surface area contributed by atoms with Crippen molar-refractivity contribution < 1.29 is 19.1 Å². The Bertz CT molecular complexity index is 575. The number of rotatable bonds is 6. The summed E-state index contributed by atoms with van der Waals surface area (Å²) in [5.74, 6) is 0.0872. The van der Waals surface area contributed by atoms with Gasteiger partial charge in [0.1, 0.15) is 13.2 Å². The first-order valence-electron chi connectivity index (χ1n) is 6.28. The van der Waals surface area contributed by atoms with Gasteiger partial charge in [0.25, 0.3) is 0 Å². The van der Waals surface area contributed by atoms with Gasteiger partial charge in [-0.3, -0.25) is 0 Å². The van der Waals surface area contributed by atoms with Gasteiger partial charge in [0.2, 0.25) is 11.8 Å². The molecule has 0 aliphatic rings. The summed E-state index contributed by atoms with van der Waals surface area (Å²) in [5, 5.41) is 16.2. The normalized spacial score (nSPS) is 10.9. The number of carboxylic acids is 1. The molecule has 20 heavy (non-hydrogen) atoms. The van der Waals surface area contributed by atoms with Crippen molar-refractivity contribution in [1.29, 1.82) is 0 Å². The minimum atomic E-state index is -1.03. The predicted octanol–water partition coefficient (Wildman–Crippen LogP) is 2.46. The number of nitrogens with zero attached hydrogens (tertiary/aromatic N) is 2. The van der Waals surface area contributed by atoms with Crippen molar-refractivity contribution in [2.24, 2.45) is 0 Å². The molecule has 1 aromatic heterocycles. The van der Waals surface area contributed by atoms with Gasteiger partial charge in [-0.2, -0.15) is 0 Å². The first-order chi connectivity index (χ1) is 9.56. The number of benzene rings is 1. The second-order valence-corrected chi connectivity index (χ2v) is 4.66. The van der Waals surface area contributed by atoms with E-state index < -0.39 is 5.97 Å². The van der Waals surface area contributed by atoms with Crippen LogP contribution >= 0.6 is 0 Å². The number of carboxylic acid groups (broad SMARTS) is 1. The highest BCUT2D eigenvalue weighted by molar-refractivity contribution is 5.67. The summed E-state index contributed by atoms with van der Waals surface area (Å²) in [4.78, 5) is 10.3. The molecule has 1 heterocycles. The molecule has 0 atom stereocenters. The van der Waals surface area contributed by atoms with Crippen molar-refractivity contribution >= 4 is 5.97 Å². The van der Waals surface area contributed by atoms with Crippen LogP contribution in [-0.4, -0.2) is 27.9 Å². The lowest BCUT2D eigenvalue weighted by molar-refractivity contribution is -0.142. The van der Waals surface area contributed by atoms with E-state index >= 15 is 0 Å². The van der Waals surface area contributed by atoms with Crippen molar-refractivity contribution in [2.75, 3.05) is 6.61 Å². The largest absolute Gasteiger partial charge is 0.480 e. The van der Waals surface area contributed by atoms with Crippen LogP contribution in [0, 0.1) is 0 Å². The summed E-state index contributed by atoms with van der Waals surface area (Å²) in [6, 6.07) is 7.88. The van der Waals surface area contributed by atoms with Gasteiger partial charge in [0.15, 0.2) is 0 Å². The Morgan fingerprint density at radius 2 is 2.00 bits per heavy atom.